The maximum atomic E-state index is 5.26. The molecule has 0 aromatic carbocycles. The fourth-order valence-corrected chi connectivity index (χ4v) is 2.11. The van der Waals surface area contributed by atoms with Gasteiger partial charge >= 0.3 is 0 Å². The van der Waals surface area contributed by atoms with Crippen LogP contribution in [0.3, 0.4) is 0 Å². The lowest BCUT2D eigenvalue weighted by Crippen LogP contribution is -1.87. The van der Waals surface area contributed by atoms with Crippen LogP contribution in [0.4, 0.5) is 0 Å². The van der Waals surface area contributed by atoms with Crippen molar-refractivity contribution < 1.29 is 4.42 Å². The van der Waals surface area contributed by atoms with Gasteiger partial charge in [-0.2, -0.15) is 0 Å². The van der Waals surface area contributed by atoms with Gasteiger partial charge in [0, 0.05) is 23.3 Å². The van der Waals surface area contributed by atoms with Crippen molar-refractivity contribution in [3.8, 4) is 22.2 Å². The van der Waals surface area contributed by atoms with Gasteiger partial charge in [0.1, 0.15) is 17.0 Å². The summed E-state index contributed by atoms with van der Waals surface area (Å²) in [4.78, 5) is 12.7. The third kappa shape index (κ3) is 1.51. The number of oxazole rings is 1. The molecule has 3 rings (SSSR count). The Balaban J connectivity index is 2.19. The molecule has 0 aliphatic heterocycles. The van der Waals surface area contributed by atoms with Crippen LogP contribution in [0.5, 0.6) is 0 Å². The molecular weight excluding hydrogens is 222 g/mol. The van der Waals surface area contributed by atoms with Crippen LogP contribution < -0.4 is 0 Å². The van der Waals surface area contributed by atoms with Crippen LogP contribution in [0.1, 0.15) is 0 Å². The highest BCUT2D eigenvalue weighted by Gasteiger charge is 2.13. The molecule has 3 aromatic heterocycles. The molecule has 0 saturated carbocycles. The topological polar surface area (TPSA) is 51.8 Å². The van der Waals surface area contributed by atoms with Crippen LogP contribution in [-0.2, 0) is 0 Å². The second-order valence-electron chi connectivity index (χ2n) is 3.07. The van der Waals surface area contributed by atoms with Crippen LogP contribution in [0, 0.1) is 0 Å². The Hall–Kier alpha value is -2.01. The van der Waals surface area contributed by atoms with Crippen LogP contribution in [0.15, 0.2) is 46.8 Å². The highest BCUT2D eigenvalue weighted by molar-refractivity contribution is 7.13. The van der Waals surface area contributed by atoms with Crippen molar-refractivity contribution in [2.24, 2.45) is 0 Å². The molecule has 5 heteroatoms. The predicted octanol–water partition coefficient (Wildman–Crippen LogP) is 2.86. The Bertz CT molecular complexity index is 522. The number of nitrogens with zero attached hydrogens (tertiary/aromatic N) is 3. The molecule has 16 heavy (non-hydrogen) atoms. The summed E-state index contributed by atoms with van der Waals surface area (Å²) in [6.45, 7) is 0. The summed E-state index contributed by atoms with van der Waals surface area (Å²) in [6.07, 6.45) is 6.63. The van der Waals surface area contributed by atoms with Crippen LogP contribution in [0.25, 0.3) is 22.2 Å². The second-order valence-corrected chi connectivity index (χ2v) is 3.97. The smallest absolute Gasteiger partial charge is 0.245 e. The van der Waals surface area contributed by atoms with Crippen LogP contribution in [-0.4, -0.2) is 15.0 Å². The molecule has 0 radical (unpaired) electrons. The van der Waals surface area contributed by atoms with E-state index in [1.807, 2.05) is 17.5 Å². The van der Waals surface area contributed by atoms with Gasteiger partial charge in [0.05, 0.1) is 6.20 Å². The number of aromatic nitrogens is 3. The molecule has 0 fully saturated rings. The number of thiazole rings is 1. The highest BCUT2D eigenvalue weighted by atomic mass is 32.1. The molecule has 0 unspecified atom stereocenters. The van der Waals surface area contributed by atoms with E-state index < -0.39 is 0 Å². The summed E-state index contributed by atoms with van der Waals surface area (Å²) in [5.74, 6) is 0.519. The minimum Gasteiger partial charge on any atom is -0.443 e. The van der Waals surface area contributed by atoms with Crippen molar-refractivity contribution in [2.45, 2.75) is 0 Å². The Labute approximate surface area is 95.6 Å². The molecule has 0 aliphatic rings. The Morgan fingerprint density at radius 1 is 1.06 bits per heavy atom. The molecule has 0 aliphatic carbocycles. The first-order valence-electron chi connectivity index (χ1n) is 4.70. The van der Waals surface area contributed by atoms with E-state index in [1.165, 1.54) is 6.26 Å². The van der Waals surface area contributed by atoms with E-state index in [0.717, 1.165) is 16.3 Å². The number of hydrogen-bond donors (Lipinski definition) is 0. The van der Waals surface area contributed by atoms with Crippen molar-refractivity contribution >= 4 is 11.3 Å². The molecule has 0 N–H and O–H groups in total. The zero-order valence-corrected chi connectivity index (χ0v) is 9.02. The normalized spacial score (nSPS) is 10.5. The fraction of sp³-hybridized carbons (Fsp3) is 0. The summed E-state index contributed by atoms with van der Waals surface area (Å²) < 4.78 is 5.26. The molecule has 0 saturated heterocycles. The van der Waals surface area contributed by atoms with Crippen molar-refractivity contribution in [3.63, 3.8) is 0 Å². The Morgan fingerprint density at radius 3 is 2.81 bits per heavy atom. The average molecular weight is 229 g/mol. The van der Waals surface area contributed by atoms with E-state index in [0.29, 0.717) is 5.89 Å². The number of hydrogen-bond acceptors (Lipinski definition) is 5. The van der Waals surface area contributed by atoms with E-state index >= 15 is 0 Å². The van der Waals surface area contributed by atoms with Gasteiger partial charge in [-0.3, -0.25) is 4.98 Å². The lowest BCUT2D eigenvalue weighted by Gasteiger charge is -2.01. The van der Waals surface area contributed by atoms with Gasteiger partial charge in [-0.25, -0.2) is 9.97 Å². The van der Waals surface area contributed by atoms with Gasteiger partial charge in [0.15, 0.2) is 0 Å². The minimum absolute atomic E-state index is 0.519. The van der Waals surface area contributed by atoms with Gasteiger partial charge < -0.3 is 4.42 Å². The van der Waals surface area contributed by atoms with E-state index in [4.69, 9.17) is 4.42 Å². The summed E-state index contributed by atoms with van der Waals surface area (Å²) in [5.41, 5.74) is 1.67. The first kappa shape index (κ1) is 9.23. The maximum Gasteiger partial charge on any atom is 0.245 e. The average Bonchev–Trinajstić information content (AvgIpc) is 3.03. The van der Waals surface area contributed by atoms with Crippen LogP contribution in [0.2, 0.25) is 0 Å². The van der Waals surface area contributed by atoms with Crippen LogP contribution >= 0.6 is 11.3 Å². The Kier molecular flexibility index (Phi) is 2.23. The van der Waals surface area contributed by atoms with Crippen molar-refractivity contribution in [1.82, 2.24) is 15.0 Å². The van der Waals surface area contributed by atoms with E-state index in [1.54, 1.807) is 29.9 Å². The van der Waals surface area contributed by atoms with Crippen molar-refractivity contribution in [1.29, 1.82) is 0 Å². The highest BCUT2D eigenvalue weighted by Crippen LogP contribution is 2.30. The van der Waals surface area contributed by atoms with Gasteiger partial charge in [-0.1, -0.05) is 0 Å². The zero-order valence-electron chi connectivity index (χ0n) is 8.20. The Morgan fingerprint density at radius 2 is 2.06 bits per heavy atom. The van der Waals surface area contributed by atoms with E-state index in [9.17, 15) is 0 Å². The first-order valence-corrected chi connectivity index (χ1v) is 5.58. The molecule has 3 heterocycles. The molecule has 3 aromatic rings. The molecule has 78 valence electrons. The van der Waals surface area contributed by atoms with Gasteiger partial charge in [0.2, 0.25) is 5.89 Å². The molecule has 0 atom stereocenters. The quantitative estimate of drug-likeness (QED) is 0.678. The van der Waals surface area contributed by atoms with E-state index in [-0.39, 0.29) is 0 Å². The number of rotatable bonds is 2. The fourth-order valence-electron chi connectivity index (χ4n) is 1.45. The van der Waals surface area contributed by atoms with Crippen molar-refractivity contribution in [3.05, 3.63) is 42.4 Å². The largest absolute Gasteiger partial charge is 0.443 e. The molecule has 0 amide bonds. The molecule has 0 spiro atoms. The lowest BCUT2D eigenvalue weighted by atomic mass is 10.2. The van der Waals surface area contributed by atoms with Gasteiger partial charge in [-0.05, 0) is 12.1 Å². The predicted molar refractivity (Wildman–Crippen MR) is 60.8 cm³/mol. The molecule has 0 bridgehead atoms. The minimum atomic E-state index is 0.519. The third-order valence-corrected chi connectivity index (χ3v) is 2.91. The summed E-state index contributed by atoms with van der Waals surface area (Å²) >= 11 is 1.57. The number of pyridine rings is 1. The SMILES string of the molecule is c1cnc(-c2ncco2)c(-c2nccs2)c1. The maximum absolute atomic E-state index is 5.26. The summed E-state index contributed by atoms with van der Waals surface area (Å²) in [6, 6.07) is 3.84. The van der Waals surface area contributed by atoms with Gasteiger partial charge in [0.25, 0.3) is 0 Å². The lowest BCUT2D eigenvalue weighted by molar-refractivity contribution is 0.572. The van der Waals surface area contributed by atoms with E-state index in [2.05, 4.69) is 15.0 Å². The third-order valence-electron chi connectivity index (χ3n) is 2.11. The zero-order chi connectivity index (χ0) is 10.8. The summed E-state index contributed by atoms with van der Waals surface area (Å²) in [5, 5.41) is 2.85. The standard InChI is InChI=1S/C11H7N3OS/c1-2-8(11-14-5-7-16-11)9(12-3-1)10-13-4-6-15-10/h1-7H. The molecular formula is C11H7N3OS. The van der Waals surface area contributed by atoms with Gasteiger partial charge in [-0.15, -0.1) is 11.3 Å². The first-order chi connectivity index (χ1) is 7.95. The second kappa shape index (κ2) is 3.86. The summed E-state index contributed by atoms with van der Waals surface area (Å²) in [7, 11) is 0. The monoisotopic (exact) mass is 229 g/mol. The molecule has 4 nitrogen and oxygen atoms in total. The van der Waals surface area contributed by atoms with Crippen molar-refractivity contribution in [2.75, 3.05) is 0 Å².